The molecular weight excluding hydrogens is 264 g/mol. The molecule has 3 rings (SSSR count). The maximum absolute atomic E-state index is 12.1. The number of amides is 1. The zero-order valence-electron chi connectivity index (χ0n) is 12.2. The molecule has 2 aromatic rings. The van der Waals surface area contributed by atoms with Crippen molar-refractivity contribution < 1.29 is 4.79 Å². The van der Waals surface area contributed by atoms with Crippen molar-refractivity contribution in [3.63, 3.8) is 0 Å². The molecule has 0 aliphatic carbocycles. The topological polar surface area (TPSA) is 50.2 Å². The van der Waals surface area contributed by atoms with Gasteiger partial charge in [0.05, 0.1) is 6.54 Å². The van der Waals surface area contributed by atoms with Crippen molar-refractivity contribution in [2.24, 2.45) is 0 Å². The summed E-state index contributed by atoms with van der Waals surface area (Å²) >= 11 is 0. The van der Waals surface area contributed by atoms with Crippen LogP contribution in [0.4, 0.5) is 0 Å². The Kier molecular flexibility index (Phi) is 4.01. The van der Waals surface area contributed by atoms with Gasteiger partial charge in [-0.05, 0) is 30.7 Å². The second-order valence-corrected chi connectivity index (χ2v) is 5.41. The number of fused-ring (bicyclic) bond motifs is 1. The Morgan fingerprint density at radius 1 is 1.38 bits per heavy atom. The molecule has 0 saturated carbocycles. The minimum Gasteiger partial charge on any atom is -0.351 e. The number of carbonyl (C=O) groups is 1. The van der Waals surface area contributed by atoms with Crippen LogP contribution in [0, 0.1) is 0 Å². The van der Waals surface area contributed by atoms with Crippen LogP contribution in [-0.4, -0.2) is 33.4 Å². The number of pyridine rings is 1. The average molecular weight is 284 g/mol. The summed E-state index contributed by atoms with van der Waals surface area (Å²) < 4.78 is 2.26. The number of rotatable bonds is 4. The molecule has 5 nitrogen and oxygen atoms in total. The lowest BCUT2D eigenvalue weighted by molar-refractivity contribution is -0.123. The normalized spacial score (nSPS) is 18.2. The highest BCUT2D eigenvalue weighted by atomic mass is 16.2. The molecule has 3 heterocycles. The maximum Gasteiger partial charge on any atom is 0.234 e. The molecule has 0 fully saturated rings. The smallest absolute Gasteiger partial charge is 0.234 e. The van der Waals surface area contributed by atoms with Crippen molar-refractivity contribution in [2.45, 2.75) is 26.1 Å². The molecule has 0 unspecified atom stereocenters. The molecule has 1 aliphatic rings. The Bertz CT molecular complexity index is 608. The first-order valence-electron chi connectivity index (χ1n) is 7.29. The number of carbonyl (C=O) groups excluding carboxylic acids is 1. The van der Waals surface area contributed by atoms with Gasteiger partial charge in [-0.15, -0.1) is 0 Å². The first kappa shape index (κ1) is 13.8. The van der Waals surface area contributed by atoms with Gasteiger partial charge in [0.15, 0.2) is 0 Å². The molecule has 0 radical (unpaired) electrons. The van der Waals surface area contributed by atoms with E-state index in [1.165, 1.54) is 5.69 Å². The molecule has 1 amide bonds. The summed E-state index contributed by atoms with van der Waals surface area (Å²) in [6, 6.07) is 8.31. The Labute approximate surface area is 124 Å². The number of nitrogens with one attached hydrogen (secondary N) is 1. The Hall–Kier alpha value is -2.14. The minimum atomic E-state index is 0.0608. The van der Waals surface area contributed by atoms with Crippen molar-refractivity contribution in [2.75, 3.05) is 13.1 Å². The van der Waals surface area contributed by atoms with E-state index in [1.54, 1.807) is 12.4 Å². The van der Waals surface area contributed by atoms with E-state index in [-0.39, 0.29) is 11.9 Å². The summed E-state index contributed by atoms with van der Waals surface area (Å²) in [5, 5.41) is 2.96. The lowest BCUT2D eigenvalue weighted by Gasteiger charge is -2.34. The van der Waals surface area contributed by atoms with Gasteiger partial charge < -0.3 is 9.88 Å². The van der Waals surface area contributed by atoms with E-state index >= 15 is 0 Å². The van der Waals surface area contributed by atoms with Crippen LogP contribution in [0.5, 0.6) is 0 Å². The first-order valence-corrected chi connectivity index (χ1v) is 7.29. The molecule has 110 valence electrons. The lowest BCUT2D eigenvalue weighted by atomic mass is 10.1. The monoisotopic (exact) mass is 284 g/mol. The maximum atomic E-state index is 12.1. The van der Waals surface area contributed by atoms with E-state index in [9.17, 15) is 4.79 Å². The van der Waals surface area contributed by atoms with Gasteiger partial charge in [-0.3, -0.25) is 14.7 Å². The van der Waals surface area contributed by atoms with Gasteiger partial charge in [0, 0.05) is 50.0 Å². The third-order valence-electron chi connectivity index (χ3n) is 4.03. The van der Waals surface area contributed by atoms with E-state index in [0.717, 1.165) is 18.7 Å². The highest BCUT2D eigenvalue weighted by Gasteiger charge is 2.24. The van der Waals surface area contributed by atoms with Crippen LogP contribution >= 0.6 is 0 Å². The van der Waals surface area contributed by atoms with Gasteiger partial charge >= 0.3 is 0 Å². The Morgan fingerprint density at radius 3 is 3.10 bits per heavy atom. The van der Waals surface area contributed by atoms with Crippen LogP contribution in [0.25, 0.3) is 0 Å². The third-order valence-corrected chi connectivity index (χ3v) is 4.03. The molecule has 0 bridgehead atoms. The fourth-order valence-corrected chi connectivity index (χ4v) is 2.79. The number of aromatic nitrogens is 2. The van der Waals surface area contributed by atoms with E-state index in [4.69, 9.17) is 0 Å². The van der Waals surface area contributed by atoms with Crippen LogP contribution < -0.4 is 5.32 Å². The predicted molar refractivity (Wildman–Crippen MR) is 80.5 cm³/mol. The first-order chi connectivity index (χ1) is 10.2. The molecule has 0 spiro atoms. The van der Waals surface area contributed by atoms with E-state index < -0.39 is 0 Å². The molecule has 1 atom stereocenters. The van der Waals surface area contributed by atoms with Gasteiger partial charge in [-0.25, -0.2) is 0 Å². The van der Waals surface area contributed by atoms with E-state index in [0.29, 0.717) is 13.1 Å². The van der Waals surface area contributed by atoms with Crippen LogP contribution in [0.1, 0.15) is 24.2 Å². The molecule has 0 saturated heterocycles. The Morgan fingerprint density at radius 2 is 2.29 bits per heavy atom. The minimum absolute atomic E-state index is 0.0608. The van der Waals surface area contributed by atoms with Gasteiger partial charge in [0.25, 0.3) is 0 Å². The van der Waals surface area contributed by atoms with Crippen molar-refractivity contribution in [3.8, 4) is 0 Å². The summed E-state index contributed by atoms with van der Waals surface area (Å²) in [5.41, 5.74) is 2.30. The predicted octanol–water partition coefficient (Wildman–Crippen LogP) is 1.58. The van der Waals surface area contributed by atoms with Gasteiger partial charge in [-0.2, -0.15) is 0 Å². The number of hydrogen-bond acceptors (Lipinski definition) is 3. The van der Waals surface area contributed by atoms with Crippen molar-refractivity contribution in [3.05, 3.63) is 54.1 Å². The standard InChI is InChI=1S/C16H20N4O/c1-13-15-5-3-7-19(15)8-9-20(13)12-16(21)18-11-14-4-2-6-17-10-14/h2-7,10,13H,8-9,11-12H2,1H3,(H,18,21)/t13-/m1/s1. The molecule has 2 aromatic heterocycles. The quantitative estimate of drug-likeness (QED) is 0.927. The number of nitrogens with zero attached hydrogens (tertiary/aromatic N) is 3. The van der Waals surface area contributed by atoms with E-state index in [2.05, 4.69) is 45.0 Å². The molecule has 1 aliphatic heterocycles. The second kappa shape index (κ2) is 6.10. The third kappa shape index (κ3) is 3.13. The van der Waals surface area contributed by atoms with Crippen LogP contribution in [-0.2, 0) is 17.9 Å². The molecule has 0 aromatic carbocycles. The van der Waals surface area contributed by atoms with Crippen LogP contribution in [0.3, 0.4) is 0 Å². The van der Waals surface area contributed by atoms with Crippen LogP contribution in [0.15, 0.2) is 42.9 Å². The zero-order chi connectivity index (χ0) is 14.7. The molecular formula is C16H20N4O. The average Bonchev–Trinajstić information content (AvgIpc) is 2.98. The van der Waals surface area contributed by atoms with Crippen molar-refractivity contribution in [1.29, 1.82) is 0 Å². The fraction of sp³-hybridized carbons (Fsp3) is 0.375. The van der Waals surface area contributed by atoms with Gasteiger partial charge in [-0.1, -0.05) is 6.07 Å². The molecule has 1 N–H and O–H groups in total. The summed E-state index contributed by atoms with van der Waals surface area (Å²) in [4.78, 5) is 18.4. The summed E-state index contributed by atoms with van der Waals surface area (Å²) in [7, 11) is 0. The highest BCUT2D eigenvalue weighted by molar-refractivity contribution is 5.78. The van der Waals surface area contributed by atoms with Crippen LogP contribution in [0.2, 0.25) is 0 Å². The van der Waals surface area contributed by atoms with Crippen molar-refractivity contribution >= 4 is 5.91 Å². The largest absolute Gasteiger partial charge is 0.351 e. The van der Waals surface area contributed by atoms with Gasteiger partial charge in [0.2, 0.25) is 5.91 Å². The Balaban J connectivity index is 1.54. The fourth-order valence-electron chi connectivity index (χ4n) is 2.79. The summed E-state index contributed by atoms with van der Waals surface area (Å²) in [6.07, 6.45) is 5.61. The van der Waals surface area contributed by atoms with Gasteiger partial charge in [0.1, 0.15) is 0 Å². The van der Waals surface area contributed by atoms with E-state index in [1.807, 2.05) is 12.1 Å². The number of hydrogen-bond donors (Lipinski definition) is 1. The lowest BCUT2D eigenvalue weighted by Crippen LogP contribution is -2.42. The summed E-state index contributed by atoms with van der Waals surface area (Å²) in [6.45, 7) is 4.98. The molecule has 21 heavy (non-hydrogen) atoms. The SMILES string of the molecule is C[C@@H]1c2cccn2CCN1CC(=O)NCc1cccnc1. The van der Waals surface area contributed by atoms with Crippen molar-refractivity contribution in [1.82, 2.24) is 19.8 Å². The summed E-state index contributed by atoms with van der Waals surface area (Å²) in [5.74, 6) is 0.0608. The highest BCUT2D eigenvalue weighted by Crippen LogP contribution is 2.24. The zero-order valence-corrected chi connectivity index (χ0v) is 12.2. The molecule has 5 heteroatoms. The second-order valence-electron chi connectivity index (χ2n) is 5.41.